The molecule has 0 aliphatic carbocycles. The van der Waals surface area contributed by atoms with Gasteiger partial charge in [0.15, 0.2) is 18.1 Å². The van der Waals surface area contributed by atoms with Crippen LogP contribution in [0, 0.1) is 17.1 Å². The van der Waals surface area contributed by atoms with Gasteiger partial charge in [0.05, 0.1) is 24.4 Å². The summed E-state index contributed by atoms with van der Waals surface area (Å²) in [6, 6.07) is 16.9. The standard InChI is InChI=1S/C27H23ClFN3O5/c1-3-36-24-14-17(12-18(15-30)27(34)31-20-10-8-19(29)9-11-20)13-21(28)26(24)37-16-25(33)32-22-6-4-5-7-23(22)35-2/h4-14H,3,16H2,1-2H3,(H,31,34)(H,32,33)/b18-12+. The molecule has 2 amide bonds. The molecule has 8 nitrogen and oxygen atoms in total. The van der Waals surface area contributed by atoms with Gasteiger partial charge in [0.2, 0.25) is 0 Å². The number of amides is 2. The molecule has 0 aliphatic rings. The molecule has 0 heterocycles. The summed E-state index contributed by atoms with van der Waals surface area (Å²) in [6.45, 7) is 1.66. The van der Waals surface area contributed by atoms with Crippen molar-refractivity contribution in [2.24, 2.45) is 0 Å². The number of ether oxygens (including phenoxy) is 3. The van der Waals surface area contributed by atoms with Crippen molar-refractivity contribution >= 4 is 40.9 Å². The van der Waals surface area contributed by atoms with Gasteiger partial charge in [-0.1, -0.05) is 23.7 Å². The van der Waals surface area contributed by atoms with Gasteiger partial charge in [-0.2, -0.15) is 5.26 Å². The summed E-state index contributed by atoms with van der Waals surface area (Å²) in [7, 11) is 1.50. The number of anilines is 2. The highest BCUT2D eigenvalue weighted by molar-refractivity contribution is 6.32. The number of rotatable bonds is 10. The Labute approximate surface area is 218 Å². The highest BCUT2D eigenvalue weighted by Gasteiger charge is 2.16. The maximum atomic E-state index is 13.1. The Bertz CT molecular complexity index is 1350. The quantitative estimate of drug-likeness (QED) is 0.270. The predicted molar refractivity (Wildman–Crippen MR) is 138 cm³/mol. The zero-order valence-electron chi connectivity index (χ0n) is 20.0. The number of benzene rings is 3. The Morgan fingerprint density at radius 2 is 1.78 bits per heavy atom. The van der Waals surface area contributed by atoms with Gasteiger partial charge < -0.3 is 24.8 Å². The molecule has 190 valence electrons. The molecule has 0 aliphatic heterocycles. The van der Waals surface area contributed by atoms with Gasteiger partial charge >= 0.3 is 0 Å². The van der Waals surface area contributed by atoms with Crippen molar-refractivity contribution < 1.29 is 28.2 Å². The number of methoxy groups -OCH3 is 1. The van der Waals surface area contributed by atoms with Crippen molar-refractivity contribution in [3.05, 3.63) is 82.6 Å². The lowest BCUT2D eigenvalue weighted by Crippen LogP contribution is -2.21. The number of hydrogen-bond donors (Lipinski definition) is 2. The van der Waals surface area contributed by atoms with E-state index in [0.29, 0.717) is 22.7 Å². The zero-order valence-corrected chi connectivity index (χ0v) is 20.8. The molecule has 2 N–H and O–H groups in total. The van der Waals surface area contributed by atoms with E-state index in [1.165, 1.54) is 49.6 Å². The average Bonchev–Trinajstić information content (AvgIpc) is 2.88. The van der Waals surface area contributed by atoms with Gasteiger partial charge in [0.1, 0.15) is 23.2 Å². The highest BCUT2D eigenvalue weighted by Crippen LogP contribution is 2.37. The molecule has 0 saturated carbocycles. The number of para-hydroxylation sites is 2. The first-order valence-corrected chi connectivity index (χ1v) is 11.4. The first kappa shape index (κ1) is 27.0. The second kappa shape index (κ2) is 13.0. The zero-order chi connectivity index (χ0) is 26.8. The van der Waals surface area contributed by atoms with Crippen molar-refractivity contribution in [2.75, 3.05) is 31.0 Å². The highest BCUT2D eigenvalue weighted by atomic mass is 35.5. The minimum absolute atomic E-state index is 0.110. The minimum Gasteiger partial charge on any atom is -0.495 e. The fourth-order valence-electron chi connectivity index (χ4n) is 3.19. The summed E-state index contributed by atoms with van der Waals surface area (Å²) >= 11 is 6.41. The van der Waals surface area contributed by atoms with Crippen LogP contribution in [0.3, 0.4) is 0 Å². The fraction of sp³-hybridized carbons (Fsp3) is 0.148. The summed E-state index contributed by atoms with van der Waals surface area (Å²) in [6.07, 6.45) is 1.32. The summed E-state index contributed by atoms with van der Waals surface area (Å²) in [5, 5.41) is 14.8. The molecule has 0 unspecified atom stereocenters. The Balaban J connectivity index is 1.77. The monoisotopic (exact) mass is 523 g/mol. The van der Waals surface area contributed by atoms with E-state index in [0.717, 1.165) is 0 Å². The maximum Gasteiger partial charge on any atom is 0.266 e. The van der Waals surface area contributed by atoms with Crippen LogP contribution in [0.25, 0.3) is 6.08 Å². The van der Waals surface area contributed by atoms with Crippen LogP contribution in [0.5, 0.6) is 17.2 Å². The van der Waals surface area contributed by atoms with Crippen molar-refractivity contribution in [1.82, 2.24) is 0 Å². The third-order valence-corrected chi connectivity index (χ3v) is 5.12. The molecule has 3 aromatic carbocycles. The fourth-order valence-corrected chi connectivity index (χ4v) is 3.47. The van der Waals surface area contributed by atoms with Crippen LogP contribution in [0.4, 0.5) is 15.8 Å². The van der Waals surface area contributed by atoms with E-state index >= 15 is 0 Å². The average molecular weight is 524 g/mol. The molecule has 3 rings (SSSR count). The van der Waals surface area contributed by atoms with E-state index in [4.69, 9.17) is 25.8 Å². The van der Waals surface area contributed by atoms with Gasteiger partial charge in [0, 0.05) is 5.69 Å². The predicted octanol–water partition coefficient (Wildman–Crippen LogP) is 5.45. The van der Waals surface area contributed by atoms with Gasteiger partial charge in [0.25, 0.3) is 11.8 Å². The van der Waals surface area contributed by atoms with Gasteiger partial charge in [-0.05, 0) is 67.1 Å². The molecule has 3 aromatic rings. The topological polar surface area (TPSA) is 110 Å². The smallest absolute Gasteiger partial charge is 0.266 e. The molecule has 10 heteroatoms. The molecule has 0 saturated heterocycles. The molecular weight excluding hydrogens is 501 g/mol. The second-order valence-electron chi connectivity index (χ2n) is 7.43. The molecule has 37 heavy (non-hydrogen) atoms. The van der Waals surface area contributed by atoms with Crippen molar-refractivity contribution in [3.8, 4) is 23.3 Å². The lowest BCUT2D eigenvalue weighted by Gasteiger charge is -2.15. The third-order valence-electron chi connectivity index (χ3n) is 4.84. The van der Waals surface area contributed by atoms with Crippen LogP contribution < -0.4 is 24.8 Å². The van der Waals surface area contributed by atoms with E-state index in [1.54, 1.807) is 31.2 Å². The largest absolute Gasteiger partial charge is 0.495 e. The van der Waals surface area contributed by atoms with Crippen LogP contribution in [-0.2, 0) is 9.59 Å². The van der Waals surface area contributed by atoms with E-state index in [2.05, 4.69) is 10.6 Å². The maximum absolute atomic E-state index is 13.1. The molecule has 0 radical (unpaired) electrons. The van der Waals surface area contributed by atoms with Crippen LogP contribution in [0.1, 0.15) is 12.5 Å². The number of carbonyl (C=O) groups excluding carboxylic acids is 2. The first-order valence-electron chi connectivity index (χ1n) is 11.0. The normalized spacial score (nSPS) is 10.7. The summed E-state index contributed by atoms with van der Waals surface area (Å²) < 4.78 is 29.6. The van der Waals surface area contributed by atoms with Crippen molar-refractivity contribution in [1.29, 1.82) is 5.26 Å². The van der Waals surface area contributed by atoms with E-state index in [9.17, 15) is 19.2 Å². The first-order chi connectivity index (χ1) is 17.8. The Hall–Kier alpha value is -4.55. The van der Waals surface area contributed by atoms with E-state index in [1.807, 2.05) is 6.07 Å². The van der Waals surface area contributed by atoms with Gasteiger partial charge in [-0.3, -0.25) is 9.59 Å². The van der Waals surface area contributed by atoms with Crippen LogP contribution in [0.2, 0.25) is 5.02 Å². The third kappa shape index (κ3) is 7.46. The van der Waals surface area contributed by atoms with Crippen molar-refractivity contribution in [2.45, 2.75) is 6.92 Å². The Morgan fingerprint density at radius 3 is 2.46 bits per heavy atom. The van der Waals surface area contributed by atoms with Gasteiger partial charge in [-0.15, -0.1) is 0 Å². The second-order valence-corrected chi connectivity index (χ2v) is 7.84. The van der Waals surface area contributed by atoms with Gasteiger partial charge in [-0.25, -0.2) is 4.39 Å². The molecule has 0 bridgehead atoms. The van der Waals surface area contributed by atoms with Crippen molar-refractivity contribution in [3.63, 3.8) is 0 Å². The van der Waals surface area contributed by atoms with Crippen LogP contribution in [-0.4, -0.2) is 32.1 Å². The van der Waals surface area contributed by atoms with Crippen LogP contribution in [0.15, 0.2) is 66.2 Å². The molecule has 0 aromatic heterocycles. The van der Waals surface area contributed by atoms with Crippen LogP contribution >= 0.6 is 11.6 Å². The summed E-state index contributed by atoms with van der Waals surface area (Å²) in [4.78, 5) is 25.0. The number of nitriles is 1. The number of nitrogens with one attached hydrogen (secondary N) is 2. The molecule has 0 spiro atoms. The van der Waals surface area contributed by atoms with E-state index in [-0.39, 0.29) is 35.3 Å². The number of nitrogens with zero attached hydrogens (tertiary/aromatic N) is 1. The molecular formula is C27H23ClFN3O5. The lowest BCUT2D eigenvalue weighted by molar-refractivity contribution is -0.118. The number of hydrogen-bond acceptors (Lipinski definition) is 6. The lowest BCUT2D eigenvalue weighted by atomic mass is 10.1. The minimum atomic E-state index is -0.684. The number of carbonyl (C=O) groups is 2. The number of halogens is 2. The summed E-state index contributed by atoms with van der Waals surface area (Å²) in [5.41, 5.74) is 0.992. The van der Waals surface area contributed by atoms with E-state index < -0.39 is 17.6 Å². The Morgan fingerprint density at radius 1 is 1.05 bits per heavy atom. The SMILES string of the molecule is CCOc1cc(/C=C(\C#N)C(=O)Nc2ccc(F)cc2)cc(Cl)c1OCC(=O)Nc1ccccc1OC. The molecule has 0 fully saturated rings. The molecule has 0 atom stereocenters. The summed E-state index contributed by atoms with van der Waals surface area (Å²) in [5.74, 6) is -0.732. The Kier molecular flexibility index (Phi) is 9.47.